The highest BCUT2D eigenvalue weighted by molar-refractivity contribution is 7.92. The van der Waals surface area contributed by atoms with Crippen LogP contribution in [0.1, 0.15) is 5.69 Å². The largest absolute Gasteiger partial charge is 0.282 e. The van der Waals surface area contributed by atoms with Crippen molar-refractivity contribution in [2.75, 3.05) is 6.26 Å². The predicted molar refractivity (Wildman–Crippen MR) is 108 cm³/mol. The average Bonchev–Trinajstić information content (AvgIpc) is 3.22. The van der Waals surface area contributed by atoms with Crippen molar-refractivity contribution in [2.24, 2.45) is 0 Å². The zero-order valence-corrected chi connectivity index (χ0v) is 16.5. The van der Waals surface area contributed by atoms with E-state index in [4.69, 9.17) is 0 Å². The van der Waals surface area contributed by atoms with Crippen LogP contribution in [0.3, 0.4) is 0 Å². The van der Waals surface area contributed by atoms with Crippen molar-refractivity contribution in [1.29, 1.82) is 0 Å². The van der Waals surface area contributed by atoms with Gasteiger partial charge in [-0.05, 0) is 42.8 Å². The van der Waals surface area contributed by atoms with Gasteiger partial charge in [-0.2, -0.15) is 5.10 Å². The van der Waals surface area contributed by atoms with Gasteiger partial charge in [-0.15, -0.1) is 23.7 Å². The molecule has 1 N–H and O–H groups in total. The molecule has 26 heavy (non-hydrogen) atoms. The van der Waals surface area contributed by atoms with Crippen molar-refractivity contribution in [3.05, 3.63) is 54.5 Å². The lowest BCUT2D eigenvalue weighted by Crippen LogP contribution is -1.91. The summed E-state index contributed by atoms with van der Waals surface area (Å²) >= 11 is 1.28. The topological polar surface area (TPSA) is 75.7 Å². The first-order valence-electron chi connectivity index (χ1n) is 7.63. The van der Waals surface area contributed by atoms with Gasteiger partial charge in [0.1, 0.15) is 4.21 Å². The van der Waals surface area contributed by atoms with Crippen LogP contribution in [0.2, 0.25) is 0 Å². The van der Waals surface area contributed by atoms with Crippen molar-refractivity contribution < 1.29 is 8.42 Å². The highest BCUT2D eigenvalue weighted by Gasteiger charge is 2.14. The highest BCUT2D eigenvalue weighted by atomic mass is 35.5. The van der Waals surface area contributed by atoms with E-state index in [0.717, 1.165) is 38.2 Å². The summed E-state index contributed by atoms with van der Waals surface area (Å²) in [6.07, 6.45) is 4.78. The second-order valence-corrected chi connectivity index (χ2v) is 9.22. The van der Waals surface area contributed by atoms with Crippen molar-refractivity contribution in [3.63, 3.8) is 0 Å². The minimum Gasteiger partial charge on any atom is -0.282 e. The molecule has 0 spiro atoms. The summed E-state index contributed by atoms with van der Waals surface area (Å²) in [6.45, 7) is 1.98. The first-order chi connectivity index (χ1) is 11.9. The third kappa shape index (κ3) is 3.25. The molecule has 4 aromatic rings. The number of aromatic amines is 1. The summed E-state index contributed by atoms with van der Waals surface area (Å²) in [4.78, 5) is 5.34. The van der Waals surface area contributed by atoms with Gasteiger partial charge in [0, 0.05) is 39.5 Å². The molecule has 0 aliphatic carbocycles. The quantitative estimate of drug-likeness (QED) is 0.545. The van der Waals surface area contributed by atoms with Crippen LogP contribution in [0.5, 0.6) is 0 Å². The molecule has 0 amide bonds. The Labute approximate surface area is 161 Å². The Balaban J connectivity index is 0.00000196. The number of aryl methyl sites for hydroxylation is 1. The van der Waals surface area contributed by atoms with E-state index in [9.17, 15) is 8.42 Å². The van der Waals surface area contributed by atoms with Crippen LogP contribution in [0, 0.1) is 6.92 Å². The number of H-pyrrole nitrogens is 1. The summed E-state index contributed by atoms with van der Waals surface area (Å²) in [5.74, 6) is 0. The average molecular weight is 406 g/mol. The fourth-order valence-corrected chi connectivity index (χ4v) is 4.80. The van der Waals surface area contributed by atoms with Gasteiger partial charge in [0.15, 0.2) is 9.84 Å². The molecule has 0 saturated carbocycles. The molecular formula is C18H16ClN3O2S2. The van der Waals surface area contributed by atoms with E-state index < -0.39 is 9.84 Å². The first kappa shape index (κ1) is 18.6. The summed E-state index contributed by atoms with van der Waals surface area (Å²) in [5.41, 5.74) is 4.94. The Morgan fingerprint density at radius 2 is 1.88 bits per heavy atom. The number of rotatable bonds is 3. The third-order valence-electron chi connectivity index (χ3n) is 4.09. The fraction of sp³-hybridized carbons (Fsp3) is 0.111. The third-order valence-corrected chi connectivity index (χ3v) is 7.03. The van der Waals surface area contributed by atoms with E-state index in [-0.39, 0.29) is 12.4 Å². The predicted octanol–water partition coefficient (Wildman–Crippen LogP) is 4.49. The first-order valence-corrected chi connectivity index (χ1v) is 10.3. The molecule has 0 aliphatic rings. The molecule has 4 rings (SSSR count). The summed E-state index contributed by atoms with van der Waals surface area (Å²) in [7, 11) is -3.20. The van der Waals surface area contributed by atoms with Crippen molar-refractivity contribution in [2.45, 2.75) is 11.1 Å². The van der Waals surface area contributed by atoms with E-state index in [1.54, 1.807) is 18.5 Å². The monoisotopic (exact) mass is 405 g/mol. The van der Waals surface area contributed by atoms with E-state index >= 15 is 0 Å². The minimum atomic E-state index is -3.20. The lowest BCUT2D eigenvalue weighted by molar-refractivity contribution is 0.604. The van der Waals surface area contributed by atoms with Gasteiger partial charge in [0.25, 0.3) is 0 Å². The molecule has 0 radical (unpaired) electrons. The van der Waals surface area contributed by atoms with Crippen LogP contribution in [-0.2, 0) is 9.84 Å². The number of nitrogens with one attached hydrogen (secondary N) is 1. The summed E-state index contributed by atoms with van der Waals surface area (Å²) in [6, 6.07) is 11.5. The standard InChI is InChI=1S/C18H15N3O2S2.ClH/c1-11-15(10-20-21-11)12-3-4-16-14(9-12)13(7-8-19-16)17-5-6-18(24-17)25(2,22)23;/h3-10H,1-2H3,(H,20,21);1H. The summed E-state index contributed by atoms with van der Waals surface area (Å²) in [5, 5.41) is 8.02. The van der Waals surface area contributed by atoms with Gasteiger partial charge >= 0.3 is 0 Å². The van der Waals surface area contributed by atoms with Crippen LogP contribution in [0.4, 0.5) is 0 Å². The maximum Gasteiger partial charge on any atom is 0.184 e. The fourth-order valence-electron chi connectivity index (χ4n) is 2.83. The molecule has 3 heterocycles. The van der Waals surface area contributed by atoms with E-state index in [1.165, 1.54) is 17.6 Å². The Kier molecular flexibility index (Phi) is 4.88. The SMILES string of the molecule is Cc1[nH]ncc1-c1ccc2nccc(-c3ccc(S(C)(=O)=O)s3)c2c1.Cl. The number of fused-ring (bicyclic) bond motifs is 1. The molecule has 0 aliphatic heterocycles. The maximum absolute atomic E-state index is 11.8. The molecule has 1 aromatic carbocycles. The minimum absolute atomic E-state index is 0. The molecular weight excluding hydrogens is 390 g/mol. The molecule has 0 unspecified atom stereocenters. The number of hydrogen-bond donors (Lipinski definition) is 1. The van der Waals surface area contributed by atoms with Crippen molar-refractivity contribution in [1.82, 2.24) is 15.2 Å². The molecule has 134 valence electrons. The van der Waals surface area contributed by atoms with Gasteiger partial charge in [-0.25, -0.2) is 8.42 Å². The molecule has 8 heteroatoms. The van der Waals surface area contributed by atoms with Gasteiger partial charge in [0.2, 0.25) is 0 Å². The molecule has 0 bridgehead atoms. The normalized spacial score (nSPS) is 11.5. The zero-order chi connectivity index (χ0) is 17.6. The number of nitrogens with zero attached hydrogens (tertiary/aromatic N) is 2. The number of sulfone groups is 1. The second-order valence-electron chi connectivity index (χ2n) is 5.89. The van der Waals surface area contributed by atoms with Crippen LogP contribution >= 0.6 is 23.7 Å². The number of aromatic nitrogens is 3. The highest BCUT2D eigenvalue weighted by Crippen LogP contribution is 2.36. The summed E-state index contributed by atoms with van der Waals surface area (Å²) < 4.78 is 23.9. The van der Waals surface area contributed by atoms with Crippen LogP contribution in [0.15, 0.2) is 53.0 Å². The maximum atomic E-state index is 11.8. The second kappa shape index (κ2) is 6.83. The molecule has 0 fully saturated rings. The Hall–Kier alpha value is -2.22. The smallest absolute Gasteiger partial charge is 0.184 e. The van der Waals surface area contributed by atoms with Crippen LogP contribution in [0.25, 0.3) is 32.5 Å². The van der Waals surface area contributed by atoms with E-state index in [2.05, 4.69) is 21.2 Å². The lowest BCUT2D eigenvalue weighted by atomic mass is 10.0. The number of halogens is 1. The number of thiophene rings is 1. The Bertz CT molecular complexity index is 1200. The van der Waals surface area contributed by atoms with Crippen molar-refractivity contribution in [3.8, 4) is 21.6 Å². The molecule has 3 aromatic heterocycles. The van der Waals surface area contributed by atoms with E-state index in [1.807, 2.05) is 31.2 Å². The van der Waals surface area contributed by atoms with Crippen LogP contribution < -0.4 is 0 Å². The number of pyridine rings is 1. The van der Waals surface area contributed by atoms with Gasteiger partial charge in [-0.3, -0.25) is 10.1 Å². The van der Waals surface area contributed by atoms with Gasteiger partial charge in [0.05, 0.1) is 11.7 Å². The van der Waals surface area contributed by atoms with Gasteiger partial charge < -0.3 is 0 Å². The Morgan fingerprint density at radius 3 is 2.54 bits per heavy atom. The van der Waals surface area contributed by atoms with Crippen LogP contribution in [-0.4, -0.2) is 29.9 Å². The Morgan fingerprint density at radius 1 is 1.08 bits per heavy atom. The zero-order valence-electron chi connectivity index (χ0n) is 14.1. The van der Waals surface area contributed by atoms with E-state index in [0.29, 0.717) is 4.21 Å². The van der Waals surface area contributed by atoms with Gasteiger partial charge in [-0.1, -0.05) is 6.07 Å². The molecule has 0 atom stereocenters. The molecule has 5 nitrogen and oxygen atoms in total. The molecule has 0 saturated heterocycles. The lowest BCUT2D eigenvalue weighted by Gasteiger charge is -2.07. The number of benzene rings is 1. The van der Waals surface area contributed by atoms with Crippen molar-refractivity contribution >= 4 is 44.5 Å². The number of hydrogen-bond acceptors (Lipinski definition) is 5.